The van der Waals surface area contributed by atoms with E-state index >= 15 is 0 Å². The maximum Gasteiger partial charge on any atom is 0.379 e. The van der Waals surface area contributed by atoms with Crippen LogP contribution in [0.2, 0.25) is 0 Å². The lowest BCUT2D eigenvalue weighted by molar-refractivity contribution is -0.135. The van der Waals surface area contributed by atoms with Gasteiger partial charge in [0, 0.05) is 28.7 Å². The number of Topliss-reactive ketones (excluding diaryl/α,β-unsaturated/α-hetero) is 1. The largest absolute Gasteiger partial charge is 0.463 e. The minimum absolute atomic E-state index is 0.379. The third-order valence-corrected chi connectivity index (χ3v) is 5.44. The van der Waals surface area contributed by atoms with Crippen LogP contribution in [0, 0.1) is 0 Å². The fourth-order valence-corrected chi connectivity index (χ4v) is 3.95. The van der Waals surface area contributed by atoms with Gasteiger partial charge in [0.15, 0.2) is 0 Å². The van der Waals surface area contributed by atoms with E-state index in [1.807, 2.05) is 48.5 Å². The van der Waals surface area contributed by atoms with E-state index in [1.54, 1.807) is 6.07 Å². The highest BCUT2D eigenvalue weighted by Gasteiger charge is 2.21. The molecule has 0 radical (unpaired) electrons. The van der Waals surface area contributed by atoms with Crippen LogP contribution in [-0.4, -0.2) is 23.4 Å². The van der Waals surface area contributed by atoms with Crippen LogP contribution in [0.1, 0.15) is 28.5 Å². The molecule has 1 aromatic heterocycles. The minimum atomic E-state index is -0.845. The molecule has 150 valence electrons. The third-order valence-electron chi connectivity index (χ3n) is 5.44. The first-order valence-electron chi connectivity index (χ1n) is 10.0. The van der Waals surface area contributed by atoms with Crippen molar-refractivity contribution >= 4 is 22.7 Å². The molecule has 0 amide bonds. The summed E-state index contributed by atoms with van der Waals surface area (Å²) in [6.07, 6.45) is 0.814. The molecule has 0 spiro atoms. The van der Waals surface area contributed by atoms with Crippen molar-refractivity contribution < 1.29 is 14.3 Å². The van der Waals surface area contributed by atoms with E-state index in [1.165, 1.54) is 23.8 Å². The summed E-state index contributed by atoms with van der Waals surface area (Å²) in [7, 11) is 1.23. The molecule has 0 unspecified atom stereocenters. The average Bonchev–Trinajstić information content (AvgIpc) is 3.16. The summed E-state index contributed by atoms with van der Waals surface area (Å²) in [4.78, 5) is 24.3. The van der Waals surface area contributed by atoms with E-state index in [2.05, 4.69) is 40.5 Å². The number of aromatic nitrogens is 1. The molecule has 1 heterocycles. The average molecular weight is 397 g/mol. The molecule has 4 rings (SSSR count). The summed E-state index contributed by atoms with van der Waals surface area (Å²) in [5.74, 6) is -1.46. The normalized spacial score (nSPS) is 10.9. The number of carbonyl (C=O) groups is 2. The molecule has 0 fully saturated rings. The van der Waals surface area contributed by atoms with Gasteiger partial charge >= 0.3 is 5.97 Å². The summed E-state index contributed by atoms with van der Waals surface area (Å²) in [6.45, 7) is 2.77. The number of methoxy groups -OCH3 is 1. The maximum atomic E-state index is 12.5. The lowest BCUT2D eigenvalue weighted by atomic mass is 9.99. The molecule has 3 aromatic carbocycles. The minimum Gasteiger partial charge on any atom is -0.463 e. The van der Waals surface area contributed by atoms with E-state index in [4.69, 9.17) is 0 Å². The summed E-state index contributed by atoms with van der Waals surface area (Å²) >= 11 is 0. The molecule has 0 aliphatic rings. The Kier molecular flexibility index (Phi) is 5.48. The van der Waals surface area contributed by atoms with Crippen LogP contribution in [0.25, 0.3) is 22.0 Å². The van der Waals surface area contributed by atoms with Crippen LogP contribution in [0.15, 0.2) is 78.9 Å². The number of esters is 1. The highest BCUT2D eigenvalue weighted by atomic mass is 16.5. The fourth-order valence-electron chi connectivity index (χ4n) is 3.95. The van der Waals surface area contributed by atoms with Crippen molar-refractivity contribution in [3.8, 4) is 11.1 Å². The van der Waals surface area contributed by atoms with Gasteiger partial charge < -0.3 is 9.30 Å². The van der Waals surface area contributed by atoms with Crippen LogP contribution < -0.4 is 0 Å². The molecule has 0 aliphatic carbocycles. The van der Waals surface area contributed by atoms with Gasteiger partial charge in [0.05, 0.1) is 7.11 Å². The first-order chi connectivity index (χ1) is 14.6. The van der Waals surface area contributed by atoms with Gasteiger partial charge in [0.1, 0.15) is 0 Å². The van der Waals surface area contributed by atoms with Gasteiger partial charge in [-0.05, 0) is 35.2 Å². The van der Waals surface area contributed by atoms with Gasteiger partial charge in [0.25, 0.3) is 5.78 Å². The first-order valence-corrected chi connectivity index (χ1v) is 10.0. The second-order valence-corrected chi connectivity index (χ2v) is 7.16. The number of fused-ring (bicyclic) bond motifs is 1. The van der Waals surface area contributed by atoms with Gasteiger partial charge in [-0.1, -0.05) is 73.7 Å². The van der Waals surface area contributed by atoms with Crippen molar-refractivity contribution in [2.75, 3.05) is 7.11 Å². The second-order valence-electron chi connectivity index (χ2n) is 7.16. The summed E-state index contributed by atoms with van der Waals surface area (Å²) < 4.78 is 6.87. The molecule has 0 bridgehead atoms. The zero-order chi connectivity index (χ0) is 21.1. The van der Waals surface area contributed by atoms with E-state index in [9.17, 15) is 9.59 Å². The van der Waals surface area contributed by atoms with E-state index < -0.39 is 11.8 Å². The maximum absolute atomic E-state index is 12.5. The number of ether oxygens (including phenoxy) is 1. The lowest BCUT2D eigenvalue weighted by Gasteiger charge is -2.14. The molecule has 4 heteroatoms. The van der Waals surface area contributed by atoms with E-state index in [-0.39, 0.29) is 0 Å². The highest BCUT2D eigenvalue weighted by molar-refractivity contribution is 6.42. The van der Waals surface area contributed by atoms with Crippen molar-refractivity contribution in [3.63, 3.8) is 0 Å². The Labute approximate surface area is 175 Å². The zero-order valence-electron chi connectivity index (χ0n) is 17.1. The monoisotopic (exact) mass is 397 g/mol. The van der Waals surface area contributed by atoms with Crippen LogP contribution in [0.5, 0.6) is 0 Å². The van der Waals surface area contributed by atoms with Crippen LogP contribution in [-0.2, 0) is 22.5 Å². The number of nitrogens with zero attached hydrogens (tertiary/aromatic N) is 1. The fraction of sp³-hybridized carbons (Fsp3) is 0.154. The van der Waals surface area contributed by atoms with Crippen LogP contribution >= 0.6 is 0 Å². The summed E-state index contributed by atoms with van der Waals surface area (Å²) in [5, 5.41) is 0.780. The van der Waals surface area contributed by atoms with Crippen molar-refractivity contribution in [1.82, 2.24) is 4.57 Å². The molecule has 30 heavy (non-hydrogen) atoms. The topological polar surface area (TPSA) is 48.3 Å². The Bertz CT molecular complexity index is 1220. The number of hydrogen-bond donors (Lipinski definition) is 0. The summed E-state index contributed by atoms with van der Waals surface area (Å²) in [5.41, 5.74) is 5.97. The Balaban J connectivity index is 1.84. The van der Waals surface area contributed by atoms with Crippen LogP contribution in [0.4, 0.5) is 0 Å². The number of rotatable bonds is 6. The lowest BCUT2D eigenvalue weighted by Crippen LogP contribution is -2.15. The molecule has 0 saturated heterocycles. The van der Waals surface area contributed by atoms with Gasteiger partial charge in [0.2, 0.25) is 0 Å². The van der Waals surface area contributed by atoms with Crippen LogP contribution in [0.3, 0.4) is 0 Å². The predicted octanol–water partition coefficient (Wildman–Crippen LogP) is 5.27. The molecule has 0 N–H and O–H groups in total. The predicted molar refractivity (Wildman–Crippen MR) is 119 cm³/mol. The number of hydrogen-bond acceptors (Lipinski definition) is 3. The van der Waals surface area contributed by atoms with Crippen molar-refractivity contribution in [2.45, 2.75) is 19.9 Å². The summed E-state index contributed by atoms with van der Waals surface area (Å²) in [6, 6.07) is 26.2. The molecule has 0 aliphatic heterocycles. The number of aryl methyl sites for hydroxylation is 1. The van der Waals surface area contributed by atoms with Crippen molar-refractivity contribution in [2.24, 2.45) is 0 Å². The zero-order valence-corrected chi connectivity index (χ0v) is 17.1. The molecule has 4 nitrogen and oxygen atoms in total. The van der Waals surface area contributed by atoms with Gasteiger partial charge in [-0.15, -0.1) is 0 Å². The van der Waals surface area contributed by atoms with Gasteiger partial charge in [-0.2, -0.15) is 0 Å². The smallest absolute Gasteiger partial charge is 0.379 e. The molecule has 4 aromatic rings. The second kappa shape index (κ2) is 8.37. The number of ketones is 1. The Morgan fingerprint density at radius 3 is 2.37 bits per heavy atom. The van der Waals surface area contributed by atoms with Crippen molar-refractivity contribution in [1.29, 1.82) is 0 Å². The molecule has 0 atom stereocenters. The Hall–Kier alpha value is -3.66. The highest BCUT2D eigenvalue weighted by Crippen LogP contribution is 2.29. The van der Waals surface area contributed by atoms with E-state index in [0.29, 0.717) is 12.1 Å². The van der Waals surface area contributed by atoms with E-state index in [0.717, 1.165) is 23.0 Å². The molecule has 0 saturated carbocycles. The molecular weight excluding hydrogens is 374 g/mol. The third kappa shape index (κ3) is 3.52. The first kappa shape index (κ1) is 19.6. The Morgan fingerprint density at radius 1 is 0.900 bits per heavy atom. The number of benzene rings is 3. The quantitative estimate of drug-likeness (QED) is 0.253. The number of carbonyl (C=O) groups excluding carboxylic acids is 2. The van der Waals surface area contributed by atoms with Crippen molar-refractivity contribution in [3.05, 3.63) is 95.7 Å². The van der Waals surface area contributed by atoms with Gasteiger partial charge in [-0.25, -0.2) is 4.79 Å². The standard InChI is InChI=1S/C26H23NO3/c1-3-20-16-23-22(25(28)26(29)30-2)14-9-15-24(23)27(20)17-19-12-7-8-13-21(19)18-10-5-4-6-11-18/h4-16H,3,17H2,1-2H3. The van der Waals surface area contributed by atoms with Gasteiger partial charge in [-0.3, -0.25) is 4.79 Å². The SMILES string of the molecule is CCc1cc2c(C(=O)C(=O)OC)cccc2n1Cc1ccccc1-c1ccccc1. The molecular formula is C26H23NO3. The Morgan fingerprint density at radius 2 is 1.63 bits per heavy atom.